The normalized spacial score (nSPS) is 18.4. The predicted octanol–water partition coefficient (Wildman–Crippen LogP) is 3.48. The van der Waals surface area contributed by atoms with Crippen molar-refractivity contribution in [3.63, 3.8) is 0 Å². The van der Waals surface area contributed by atoms with Crippen LogP contribution in [0.3, 0.4) is 0 Å². The van der Waals surface area contributed by atoms with Gasteiger partial charge in [-0.15, -0.1) is 23.1 Å². The Labute approximate surface area is 170 Å². The van der Waals surface area contributed by atoms with Crippen LogP contribution in [-0.4, -0.2) is 33.6 Å². The number of benzene rings is 1. The number of thiazole rings is 1. The number of amides is 2. The molecule has 1 aromatic carbocycles. The van der Waals surface area contributed by atoms with E-state index in [0.717, 1.165) is 4.90 Å². The molecule has 3 rings (SSSR count). The summed E-state index contributed by atoms with van der Waals surface area (Å²) < 4.78 is 0. The Morgan fingerprint density at radius 1 is 1.18 bits per heavy atom. The number of aromatic nitrogens is 1. The number of hydrogen-bond donors (Lipinski definition) is 3. The maximum absolute atomic E-state index is 12.6. The fourth-order valence-corrected chi connectivity index (χ4v) is 4.17. The summed E-state index contributed by atoms with van der Waals surface area (Å²) in [6.45, 7) is 0. The van der Waals surface area contributed by atoms with Crippen LogP contribution in [0.4, 0.5) is 10.8 Å². The van der Waals surface area contributed by atoms with Gasteiger partial charge < -0.3 is 15.7 Å². The zero-order valence-corrected chi connectivity index (χ0v) is 16.5. The zero-order chi connectivity index (χ0) is 19.9. The molecule has 146 valence electrons. The van der Waals surface area contributed by atoms with Gasteiger partial charge in [0.15, 0.2) is 5.13 Å². The molecule has 0 spiro atoms. The molecule has 1 aliphatic carbocycles. The Morgan fingerprint density at radius 2 is 1.96 bits per heavy atom. The summed E-state index contributed by atoms with van der Waals surface area (Å²) in [7, 11) is 0. The first-order valence-electron chi connectivity index (χ1n) is 8.64. The van der Waals surface area contributed by atoms with E-state index in [-0.39, 0.29) is 17.6 Å². The minimum Gasteiger partial charge on any atom is -0.481 e. The summed E-state index contributed by atoms with van der Waals surface area (Å²) >= 11 is 2.69. The van der Waals surface area contributed by atoms with Crippen molar-refractivity contribution < 1.29 is 19.5 Å². The lowest BCUT2D eigenvalue weighted by Crippen LogP contribution is -2.34. The van der Waals surface area contributed by atoms with Gasteiger partial charge in [-0.1, -0.05) is 18.2 Å². The molecule has 28 heavy (non-hydrogen) atoms. The highest BCUT2D eigenvalue weighted by Crippen LogP contribution is 2.28. The maximum atomic E-state index is 12.6. The first kappa shape index (κ1) is 20.1. The van der Waals surface area contributed by atoms with Crippen molar-refractivity contribution in [2.75, 3.05) is 16.4 Å². The number of rotatable bonds is 7. The van der Waals surface area contributed by atoms with Crippen LogP contribution in [0.2, 0.25) is 0 Å². The number of nitrogens with zero attached hydrogens (tertiary/aromatic N) is 1. The summed E-state index contributed by atoms with van der Waals surface area (Å²) in [5, 5.41) is 17.2. The average molecular weight is 418 g/mol. The van der Waals surface area contributed by atoms with Gasteiger partial charge in [0.2, 0.25) is 11.8 Å². The van der Waals surface area contributed by atoms with Crippen LogP contribution in [0.1, 0.15) is 12.8 Å². The largest absolute Gasteiger partial charge is 0.481 e. The van der Waals surface area contributed by atoms with E-state index in [1.54, 1.807) is 35.9 Å². The maximum Gasteiger partial charge on any atom is 0.307 e. The smallest absolute Gasteiger partial charge is 0.307 e. The first-order valence-corrected chi connectivity index (χ1v) is 10.5. The number of aliphatic carboxylic acids is 1. The molecule has 0 fully saturated rings. The van der Waals surface area contributed by atoms with E-state index in [4.69, 9.17) is 0 Å². The third kappa shape index (κ3) is 5.43. The van der Waals surface area contributed by atoms with Crippen LogP contribution in [0.25, 0.3) is 0 Å². The minimum atomic E-state index is -0.958. The topological polar surface area (TPSA) is 108 Å². The number of hydrogen-bond acceptors (Lipinski definition) is 6. The van der Waals surface area contributed by atoms with E-state index in [1.165, 1.54) is 23.1 Å². The number of thioether (sulfide) groups is 1. The second kappa shape index (κ2) is 9.52. The molecular weight excluding hydrogens is 398 g/mol. The molecule has 0 bridgehead atoms. The van der Waals surface area contributed by atoms with E-state index >= 15 is 0 Å². The van der Waals surface area contributed by atoms with Crippen molar-refractivity contribution in [1.29, 1.82) is 0 Å². The highest BCUT2D eigenvalue weighted by Gasteiger charge is 2.33. The van der Waals surface area contributed by atoms with Gasteiger partial charge in [-0.3, -0.25) is 14.4 Å². The van der Waals surface area contributed by atoms with Crippen molar-refractivity contribution in [2.45, 2.75) is 17.7 Å². The van der Waals surface area contributed by atoms with E-state index in [0.29, 0.717) is 23.7 Å². The summed E-state index contributed by atoms with van der Waals surface area (Å²) in [6, 6.07) is 7.15. The van der Waals surface area contributed by atoms with Crippen LogP contribution >= 0.6 is 23.1 Å². The van der Waals surface area contributed by atoms with Crippen LogP contribution in [0.15, 0.2) is 52.9 Å². The molecule has 1 aromatic heterocycles. The van der Waals surface area contributed by atoms with E-state index in [9.17, 15) is 19.5 Å². The molecule has 2 aromatic rings. The Kier molecular flexibility index (Phi) is 6.83. The minimum absolute atomic E-state index is 0.160. The fraction of sp³-hybridized carbons (Fsp3) is 0.263. The molecule has 3 N–H and O–H groups in total. The molecule has 2 amide bonds. The fourth-order valence-electron chi connectivity index (χ4n) is 2.86. The van der Waals surface area contributed by atoms with Gasteiger partial charge in [0, 0.05) is 22.2 Å². The van der Waals surface area contributed by atoms with Crippen LogP contribution in [0, 0.1) is 11.8 Å². The Morgan fingerprint density at radius 3 is 2.68 bits per heavy atom. The van der Waals surface area contributed by atoms with Crippen molar-refractivity contribution in [3.8, 4) is 0 Å². The van der Waals surface area contributed by atoms with Crippen LogP contribution < -0.4 is 10.6 Å². The van der Waals surface area contributed by atoms with Crippen molar-refractivity contribution in [2.24, 2.45) is 11.8 Å². The quantitative estimate of drug-likeness (QED) is 0.470. The third-order valence-corrected chi connectivity index (χ3v) is 5.92. The summed E-state index contributed by atoms with van der Waals surface area (Å²) in [5.74, 6) is -2.51. The van der Waals surface area contributed by atoms with Gasteiger partial charge in [0.25, 0.3) is 0 Å². The summed E-state index contributed by atoms with van der Waals surface area (Å²) in [4.78, 5) is 40.7. The second-order valence-corrected chi connectivity index (χ2v) is 8.13. The molecular formula is C19H19N3O4S2. The van der Waals surface area contributed by atoms with Gasteiger partial charge in [-0.2, -0.15) is 0 Å². The second-order valence-electron chi connectivity index (χ2n) is 6.19. The number of carbonyl (C=O) groups excluding carboxylic acids is 2. The van der Waals surface area contributed by atoms with Crippen LogP contribution in [-0.2, 0) is 14.4 Å². The standard InChI is InChI=1S/C19H19N3O4S2/c23-16(22-19-20-8-9-27-19)11-28-13-5-3-4-12(10-13)21-17(24)14-6-1-2-7-15(14)18(25)26/h1-5,8-10,14-15H,6-7,11H2,(H,21,24)(H,25,26)(H,20,22,23). The third-order valence-electron chi connectivity index (χ3n) is 4.24. The molecule has 1 aliphatic rings. The number of allylic oxidation sites excluding steroid dienone is 2. The average Bonchev–Trinajstić information content (AvgIpc) is 3.19. The number of carboxylic acids is 1. The van der Waals surface area contributed by atoms with E-state index < -0.39 is 17.8 Å². The van der Waals surface area contributed by atoms with E-state index in [2.05, 4.69) is 15.6 Å². The Hall–Kier alpha value is -2.65. The monoisotopic (exact) mass is 417 g/mol. The molecule has 7 nitrogen and oxygen atoms in total. The van der Waals surface area contributed by atoms with Crippen molar-refractivity contribution in [3.05, 3.63) is 48.0 Å². The van der Waals surface area contributed by atoms with Gasteiger partial charge in [-0.05, 0) is 31.0 Å². The SMILES string of the molecule is O=C(CSc1cccc(NC(=O)C2CC=CCC2C(=O)O)c1)Nc1nccs1. The van der Waals surface area contributed by atoms with Crippen LogP contribution in [0.5, 0.6) is 0 Å². The number of carbonyl (C=O) groups is 3. The number of nitrogens with one attached hydrogen (secondary N) is 2. The molecule has 0 saturated carbocycles. The lowest BCUT2D eigenvalue weighted by molar-refractivity contribution is -0.146. The highest BCUT2D eigenvalue weighted by molar-refractivity contribution is 8.00. The summed E-state index contributed by atoms with van der Waals surface area (Å²) in [6.07, 6.45) is 6.04. The van der Waals surface area contributed by atoms with Gasteiger partial charge in [0.1, 0.15) is 0 Å². The van der Waals surface area contributed by atoms with E-state index in [1.807, 2.05) is 12.1 Å². The molecule has 1 heterocycles. The molecule has 2 unspecified atom stereocenters. The van der Waals surface area contributed by atoms with Gasteiger partial charge in [0.05, 0.1) is 17.6 Å². The molecule has 0 aliphatic heterocycles. The van der Waals surface area contributed by atoms with Gasteiger partial charge in [-0.25, -0.2) is 4.98 Å². The number of carboxylic acid groups (broad SMARTS) is 1. The molecule has 2 atom stereocenters. The first-order chi connectivity index (χ1) is 13.5. The van der Waals surface area contributed by atoms with Crippen molar-refractivity contribution in [1.82, 2.24) is 4.98 Å². The van der Waals surface area contributed by atoms with Gasteiger partial charge >= 0.3 is 5.97 Å². The predicted molar refractivity (Wildman–Crippen MR) is 110 cm³/mol. The zero-order valence-electron chi connectivity index (χ0n) is 14.8. The molecule has 9 heteroatoms. The lowest BCUT2D eigenvalue weighted by atomic mass is 9.82. The molecule has 0 saturated heterocycles. The van der Waals surface area contributed by atoms with Crippen molar-refractivity contribution >= 4 is 51.7 Å². The summed E-state index contributed by atoms with van der Waals surface area (Å²) in [5.41, 5.74) is 0.578. The highest BCUT2D eigenvalue weighted by atomic mass is 32.2. The Balaban J connectivity index is 1.56. The number of anilines is 2. The Bertz CT molecular complexity index is 883. The lowest BCUT2D eigenvalue weighted by Gasteiger charge is -2.24. The molecule has 0 radical (unpaired) electrons.